The zero-order valence-electron chi connectivity index (χ0n) is 15.3. The number of nitrogens with one attached hydrogen (secondary N) is 1. The number of aromatic hydroxyl groups is 1. The van der Waals surface area contributed by atoms with Gasteiger partial charge in [0.15, 0.2) is 5.82 Å². The van der Waals surface area contributed by atoms with Gasteiger partial charge in [0.05, 0.1) is 16.4 Å². The Bertz CT molecular complexity index is 1280. The van der Waals surface area contributed by atoms with E-state index in [-0.39, 0.29) is 28.4 Å². The third-order valence-electron chi connectivity index (χ3n) is 4.11. The molecule has 4 aromatic rings. The quantitative estimate of drug-likeness (QED) is 0.131. The van der Waals surface area contributed by atoms with Crippen LogP contribution in [0.5, 0.6) is 11.5 Å². The molecule has 0 saturated heterocycles. The molecule has 0 amide bonds. The number of ether oxygens (including phenoxy) is 1. The van der Waals surface area contributed by atoms with Crippen LogP contribution in [0.1, 0.15) is 11.3 Å². The fourth-order valence-electron chi connectivity index (χ4n) is 2.77. The minimum absolute atomic E-state index is 0.0311. The van der Waals surface area contributed by atoms with Gasteiger partial charge in [-0.15, -0.1) is 0 Å². The molecule has 0 saturated carbocycles. The van der Waals surface area contributed by atoms with E-state index in [1.807, 2.05) is 46.9 Å². The van der Waals surface area contributed by atoms with Crippen molar-refractivity contribution in [3.8, 4) is 11.5 Å². The van der Waals surface area contributed by atoms with Crippen molar-refractivity contribution >= 4 is 73.7 Å². The van der Waals surface area contributed by atoms with Gasteiger partial charge in [-0.1, -0.05) is 12.1 Å². The molecule has 10 nitrogen and oxygen atoms in total. The average Bonchev–Trinajstić information content (AvgIpc) is 3.19. The highest BCUT2D eigenvalue weighted by molar-refractivity contribution is 14.1. The smallest absolute Gasteiger partial charge is 0.245 e. The normalized spacial score (nSPS) is 11.6. The van der Waals surface area contributed by atoms with Crippen molar-refractivity contribution in [2.45, 2.75) is 0 Å². The molecule has 0 bridgehead atoms. The SMILES string of the molecule is COc1ccccc1Nc1nc2nonc2nc1/C(=N/N)c1cc(I)cc(I)c1O. The summed E-state index contributed by atoms with van der Waals surface area (Å²) in [6, 6.07) is 10.9. The van der Waals surface area contributed by atoms with Crippen molar-refractivity contribution in [3.05, 3.63) is 54.8 Å². The summed E-state index contributed by atoms with van der Waals surface area (Å²) in [7, 11) is 1.57. The molecular formula is C18H13I2N7O3. The molecule has 12 heteroatoms. The Labute approximate surface area is 197 Å². The van der Waals surface area contributed by atoms with Crippen LogP contribution in [0.15, 0.2) is 46.1 Å². The fraction of sp³-hybridized carbons (Fsp3) is 0.0556. The number of hydrogen-bond donors (Lipinski definition) is 3. The minimum Gasteiger partial charge on any atom is -0.506 e. The van der Waals surface area contributed by atoms with Gasteiger partial charge in [-0.3, -0.25) is 0 Å². The molecule has 152 valence electrons. The summed E-state index contributed by atoms with van der Waals surface area (Å²) in [5.74, 6) is 6.66. The zero-order chi connectivity index (χ0) is 21.3. The number of halogens is 2. The predicted molar refractivity (Wildman–Crippen MR) is 127 cm³/mol. The highest BCUT2D eigenvalue weighted by Gasteiger charge is 2.23. The number of phenols is 1. The summed E-state index contributed by atoms with van der Waals surface area (Å²) in [4.78, 5) is 8.93. The lowest BCUT2D eigenvalue weighted by Crippen LogP contribution is -2.14. The number of nitrogens with two attached hydrogens (primary N) is 1. The molecular weight excluding hydrogens is 616 g/mol. The number of aromatic nitrogens is 4. The fourth-order valence-corrected chi connectivity index (χ4v) is 4.62. The zero-order valence-corrected chi connectivity index (χ0v) is 19.6. The number of rotatable bonds is 5. The molecule has 0 unspecified atom stereocenters. The Morgan fingerprint density at radius 3 is 2.63 bits per heavy atom. The molecule has 2 heterocycles. The third-order valence-corrected chi connectivity index (χ3v) is 5.56. The van der Waals surface area contributed by atoms with E-state index in [1.54, 1.807) is 19.2 Å². The van der Waals surface area contributed by atoms with Gasteiger partial charge in [0.25, 0.3) is 0 Å². The van der Waals surface area contributed by atoms with Crippen molar-refractivity contribution in [1.29, 1.82) is 0 Å². The van der Waals surface area contributed by atoms with E-state index in [0.29, 0.717) is 26.4 Å². The summed E-state index contributed by atoms with van der Waals surface area (Å²) in [6.45, 7) is 0. The van der Waals surface area contributed by atoms with E-state index >= 15 is 0 Å². The summed E-state index contributed by atoms with van der Waals surface area (Å²) in [5, 5.41) is 25.2. The number of fused-ring (bicyclic) bond motifs is 1. The van der Waals surface area contributed by atoms with Crippen molar-refractivity contribution < 1.29 is 14.5 Å². The highest BCUT2D eigenvalue weighted by atomic mass is 127. The number of para-hydroxylation sites is 2. The van der Waals surface area contributed by atoms with Gasteiger partial charge < -0.3 is 21.0 Å². The van der Waals surface area contributed by atoms with E-state index in [1.165, 1.54) is 0 Å². The molecule has 0 aliphatic heterocycles. The first-order chi connectivity index (χ1) is 14.5. The van der Waals surface area contributed by atoms with Gasteiger partial charge in [0.2, 0.25) is 11.3 Å². The topological polar surface area (TPSA) is 145 Å². The van der Waals surface area contributed by atoms with Crippen LogP contribution >= 0.6 is 45.2 Å². The van der Waals surface area contributed by atoms with E-state index in [0.717, 1.165) is 3.57 Å². The van der Waals surface area contributed by atoms with Gasteiger partial charge >= 0.3 is 0 Å². The van der Waals surface area contributed by atoms with Crippen LogP contribution in [-0.2, 0) is 0 Å². The molecule has 0 fully saturated rings. The summed E-state index contributed by atoms with van der Waals surface area (Å²) in [6.07, 6.45) is 0. The minimum atomic E-state index is 0.0311. The Hall–Kier alpha value is -2.75. The maximum Gasteiger partial charge on any atom is 0.245 e. The lowest BCUT2D eigenvalue weighted by atomic mass is 10.1. The maximum atomic E-state index is 10.6. The van der Waals surface area contributed by atoms with E-state index in [9.17, 15) is 5.11 Å². The van der Waals surface area contributed by atoms with Crippen LogP contribution in [-0.4, -0.2) is 38.2 Å². The predicted octanol–water partition coefficient (Wildman–Crippen LogP) is 3.39. The van der Waals surface area contributed by atoms with Crippen molar-refractivity contribution in [2.24, 2.45) is 10.9 Å². The molecule has 4 rings (SSSR count). The van der Waals surface area contributed by atoms with Crippen molar-refractivity contribution in [1.82, 2.24) is 20.3 Å². The van der Waals surface area contributed by atoms with Crippen LogP contribution in [0, 0.1) is 7.14 Å². The summed E-state index contributed by atoms with van der Waals surface area (Å²) < 4.78 is 11.7. The van der Waals surface area contributed by atoms with Gasteiger partial charge in [-0.05, 0) is 79.8 Å². The third kappa shape index (κ3) is 3.83. The number of nitrogens with zero attached hydrogens (tertiary/aromatic N) is 5. The van der Waals surface area contributed by atoms with Crippen molar-refractivity contribution in [3.63, 3.8) is 0 Å². The molecule has 0 aliphatic carbocycles. The van der Waals surface area contributed by atoms with Crippen LogP contribution in [0.4, 0.5) is 11.5 Å². The summed E-state index contributed by atoms with van der Waals surface area (Å²) in [5.41, 5.74) is 1.91. The molecule has 0 atom stereocenters. The summed E-state index contributed by atoms with van der Waals surface area (Å²) >= 11 is 4.19. The monoisotopic (exact) mass is 629 g/mol. The molecule has 4 N–H and O–H groups in total. The molecule has 0 spiro atoms. The molecule has 2 aromatic heterocycles. The first kappa shape index (κ1) is 20.5. The molecule has 2 aromatic carbocycles. The Kier molecular flexibility index (Phi) is 5.85. The first-order valence-electron chi connectivity index (χ1n) is 8.38. The number of hydrogen-bond acceptors (Lipinski definition) is 10. The number of hydrazone groups is 1. The number of benzene rings is 2. The van der Waals surface area contributed by atoms with E-state index < -0.39 is 0 Å². The number of phenolic OH excluding ortho intramolecular Hbond substituents is 1. The van der Waals surface area contributed by atoms with Crippen LogP contribution < -0.4 is 15.9 Å². The lowest BCUT2D eigenvalue weighted by Gasteiger charge is -2.15. The average molecular weight is 629 g/mol. The van der Waals surface area contributed by atoms with E-state index in [2.05, 4.69) is 53.3 Å². The standard InChI is InChI=1S/C18H13I2N7O3/c1-29-12-5-3-2-4-11(12)22-16-14(23-17-18(24-16)27-30-26-17)13(25-21)9-6-8(19)7-10(20)15(9)28/h2-7,28H,21H2,1H3,(H,22,24,27)/b25-13+. The molecule has 0 radical (unpaired) electrons. The van der Waals surface area contributed by atoms with Gasteiger partial charge in [0, 0.05) is 9.13 Å². The Morgan fingerprint density at radius 1 is 1.17 bits per heavy atom. The second kappa shape index (κ2) is 8.55. The highest BCUT2D eigenvalue weighted by Crippen LogP contribution is 2.32. The second-order valence-corrected chi connectivity index (χ2v) is 8.33. The Morgan fingerprint density at radius 2 is 1.90 bits per heavy atom. The van der Waals surface area contributed by atoms with Gasteiger partial charge in [0.1, 0.15) is 22.9 Å². The molecule has 30 heavy (non-hydrogen) atoms. The Balaban J connectivity index is 1.92. The van der Waals surface area contributed by atoms with Crippen LogP contribution in [0.2, 0.25) is 0 Å². The van der Waals surface area contributed by atoms with Gasteiger partial charge in [-0.25, -0.2) is 14.6 Å². The van der Waals surface area contributed by atoms with E-state index in [4.69, 9.17) is 15.2 Å². The van der Waals surface area contributed by atoms with Crippen LogP contribution in [0.25, 0.3) is 11.3 Å². The van der Waals surface area contributed by atoms with Crippen molar-refractivity contribution in [2.75, 3.05) is 12.4 Å². The first-order valence-corrected chi connectivity index (χ1v) is 10.5. The second-order valence-electron chi connectivity index (χ2n) is 5.92. The lowest BCUT2D eigenvalue weighted by molar-refractivity contribution is 0.314. The number of anilines is 2. The van der Waals surface area contributed by atoms with Gasteiger partial charge in [-0.2, -0.15) is 5.10 Å². The van der Waals surface area contributed by atoms with Crippen LogP contribution in [0.3, 0.4) is 0 Å². The maximum absolute atomic E-state index is 10.6. The number of methoxy groups -OCH3 is 1. The largest absolute Gasteiger partial charge is 0.506 e. The molecule has 0 aliphatic rings.